The number of carbonyl (C=O) groups excluding carboxylic acids is 1. The number of nitrogens with two attached hydrogens (primary N) is 1. The second-order valence-corrected chi connectivity index (χ2v) is 5.36. The molecule has 1 aromatic heterocycles. The molecule has 1 unspecified atom stereocenters. The van der Waals surface area contributed by atoms with Gasteiger partial charge in [-0.25, -0.2) is 15.2 Å². The minimum atomic E-state index is -0.353. The first-order valence-electron chi connectivity index (χ1n) is 6.19. The third kappa shape index (κ3) is 3.77. The number of nitrogens with one attached hydrogen (secondary N) is 2. The molecule has 110 valence electrons. The van der Waals surface area contributed by atoms with Crippen molar-refractivity contribution in [1.82, 2.24) is 10.3 Å². The topological polar surface area (TPSA) is 80.0 Å². The van der Waals surface area contributed by atoms with Crippen LogP contribution in [0.3, 0.4) is 0 Å². The number of anilines is 1. The van der Waals surface area contributed by atoms with E-state index >= 15 is 0 Å². The van der Waals surface area contributed by atoms with Crippen molar-refractivity contribution in [2.24, 2.45) is 5.84 Å². The van der Waals surface area contributed by atoms with Gasteiger partial charge in [0, 0.05) is 10.7 Å². The average molecular weight is 353 g/mol. The Balaban J connectivity index is 2.20. The van der Waals surface area contributed by atoms with Crippen molar-refractivity contribution in [2.75, 3.05) is 5.43 Å². The molecule has 0 saturated carbocycles. The molecule has 0 saturated heterocycles. The van der Waals surface area contributed by atoms with E-state index in [9.17, 15) is 9.18 Å². The molecule has 2 aromatic rings. The minimum Gasteiger partial charge on any atom is -0.345 e. The molecule has 2 rings (SSSR count). The molecule has 0 bridgehead atoms. The predicted octanol–water partition coefficient (Wildman–Crippen LogP) is 2.76. The molecule has 21 heavy (non-hydrogen) atoms. The molecular weight excluding hydrogens is 339 g/mol. The molecule has 1 heterocycles. The van der Waals surface area contributed by atoms with Crippen molar-refractivity contribution in [2.45, 2.75) is 13.0 Å². The second kappa shape index (κ2) is 6.64. The SMILES string of the molecule is CC(NC(=O)c1cc(Br)cnc1NN)c1cccc(F)c1. The molecule has 4 N–H and O–H groups in total. The lowest BCUT2D eigenvalue weighted by atomic mass is 10.1. The molecule has 0 aliphatic rings. The maximum atomic E-state index is 13.2. The van der Waals surface area contributed by atoms with Crippen LogP contribution in [0, 0.1) is 5.82 Å². The number of halogens is 2. The van der Waals surface area contributed by atoms with Crippen LogP contribution in [0.1, 0.15) is 28.9 Å². The Bertz CT molecular complexity index is 665. The Morgan fingerprint density at radius 2 is 2.19 bits per heavy atom. The van der Waals surface area contributed by atoms with E-state index in [1.807, 2.05) is 0 Å². The maximum Gasteiger partial charge on any atom is 0.255 e. The number of hydrogen-bond donors (Lipinski definition) is 3. The van der Waals surface area contributed by atoms with Crippen molar-refractivity contribution in [3.8, 4) is 0 Å². The van der Waals surface area contributed by atoms with Crippen LogP contribution >= 0.6 is 15.9 Å². The first kappa shape index (κ1) is 15.4. The highest BCUT2D eigenvalue weighted by atomic mass is 79.9. The Morgan fingerprint density at radius 3 is 2.86 bits per heavy atom. The van der Waals surface area contributed by atoms with Crippen molar-refractivity contribution >= 4 is 27.7 Å². The molecule has 0 aliphatic carbocycles. The third-order valence-electron chi connectivity index (χ3n) is 2.93. The van der Waals surface area contributed by atoms with Crippen molar-refractivity contribution in [3.05, 3.63) is 57.9 Å². The maximum absolute atomic E-state index is 13.2. The molecule has 1 aromatic carbocycles. The zero-order chi connectivity index (χ0) is 15.4. The van der Waals surface area contributed by atoms with Crippen LogP contribution in [-0.4, -0.2) is 10.9 Å². The van der Waals surface area contributed by atoms with Gasteiger partial charge in [0.2, 0.25) is 0 Å². The minimum absolute atomic E-state index is 0.266. The van der Waals surface area contributed by atoms with Crippen LogP contribution in [0.4, 0.5) is 10.2 Å². The van der Waals surface area contributed by atoms with Gasteiger partial charge in [-0.2, -0.15) is 0 Å². The number of nitrogens with zero attached hydrogens (tertiary/aromatic N) is 1. The number of hydrazine groups is 1. The molecule has 5 nitrogen and oxygen atoms in total. The van der Waals surface area contributed by atoms with E-state index in [4.69, 9.17) is 5.84 Å². The summed E-state index contributed by atoms with van der Waals surface area (Å²) < 4.78 is 13.9. The van der Waals surface area contributed by atoms with Crippen molar-refractivity contribution in [1.29, 1.82) is 0 Å². The number of pyridine rings is 1. The van der Waals surface area contributed by atoms with Gasteiger partial charge in [0.05, 0.1) is 11.6 Å². The molecule has 7 heteroatoms. The highest BCUT2D eigenvalue weighted by molar-refractivity contribution is 9.10. The number of amides is 1. The summed E-state index contributed by atoms with van der Waals surface area (Å²) in [5, 5.41) is 2.78. The van der Waals surface area contributed by atoms with Gasteiger partial charge in [0.25, 0.3) is 5.91 Å². The highest BCUT2D eigenvalue weighted by Gasteiger charge is 2.16. The van der Waals surface area contributed by atoms with Gasteiger partial charge >= 0.3 is 0 Å². The Kier molecular flexibility index (Phi) is 4.87. The van der Waals surface area contributed by atoms with E-state index in [1.165, 1.54) is 18.3 Å². The summed E-state index contributed by atoms with van der Waals surface area (Å²) in [6.07, 6.45) is 1.53. The van der Waals surface area contributed by atoms with E-state index in [0.29, 0.717) is 15.6 Å². The molecule has 0 aliphatic heterocycles. The lowest BCUT2D eigenvalue weighted by Crippen LogP contribution is -2.28. The number of benzene rings is 1. The second-order valence-electron chi connectivity index (χ2n) is 4.44. The van der Waals surface area contributed by atoms with Gasteiger partial charge in [-0.15, -0.1) is 0 Å². The summed E-state index contributed by atoms with van der Waals surface area (Å²) in [5.41, 5.74) is 3.35. The first-order valence-corrected chi connectivity index (χ1v) is 6.99. The highest BCUT2D eigenvalue weighted by Crippen LogP contribution is 2.19. The van der Waals surface area contributed by atoms with Crippen LogP contribution in [0.25, 0.3) is 0 Å². The van der Waals surface area contributed by atoms with Crippen LogP contribution in [0.15, 0.2) is 41.0 Å². The summed E-state index contributed by atoms with van der Waals surface area (Å²) in [6.45, 7) is 1.77. The summed E-state index contributed by atoms with van der Waals surface area (Å²) >= 11 is 3.25. The molecule has 1 amide bonds. The fraction of sp³-hybridized carbons (Fsp3) is 0.143. The summed E-state index contributed by atoms with van der Waals surface area (Å²) in [5.74, 6) is 4.91. The number of carbonyl (C=O) groups is 1. The molecular formula is C14H14BrFN4O. The quantitative estimate of drug-likeness (QED) is 0.583. The van der Waals surface area contributed by atoms with Gasteiger partial charge in [0.15, 0.2) is 5.82 Å². The number of hydrogen-bond acceptors (Lipinski definition) is 4. The Labute approximate surface area is 129 Å². The van der Waals surface area contributed by atoms with Gasteiger partial charge in [-0.05, 0) is 46.6 Å². The monoisotopic (exact) mass is 352 g/mol. The van der Waals surface area contributed by atoms with Crippen molar-refractivity contribution in [3.63, 3.8) is 0 Å². The largest absolute Gasteiger partial charge is 0.345 e. The number of rotatable bonds is 4. The zero-order valence-corrected chi connectivity index (χ0v) is 12.8. The van der Waals surface area contributed by atoms with E-state index in [0.717, 1.165) is 0 Å². The lowest BCUT2D eigenvalue weighted by molar-refractivity contribution is 0.0940. The van der Waals surface area contributed by atoms with Crippen LogP contribution in [0.2, 0.25) is 0 Å². The fourth-order valence-electron chi connectivity index (χ4n) is 1.86. The smallest absolute Gasteiger partial charge is 0.255 e. The Morgan fingerprint density at radius 1 is 1.43 bits per heavy atom. The summed E-state index contributed by atoms with van der Waals surface area (Å²) in [6, 6.07) is 7.34. The summed E-state index contributed by atoms with van der Waals surface area (Å²) in [7, 11) is 0. The normalized spacial score (nSPS) is 11.8. The van der Waals surface area contributed by atoms with E-state index in [1.54, 1.807) is 25.1 Å². The predicted molar refractivity (Wildman–Crippen MR) is 82.0 cm³/mol. The van der Waals surface area contributed by atoms with E-state index in [-0.39, 0.29) is 23.6 Å². The zero-order valence-electron chi connectivity index (χ0n) is 11.2. The van der Waals surface area contributed by atoms with Gasteiger partial charge in [-0.1, -0.05) is 12.1 Å². The van der Waals surface area contributed by atoms with E-state index < -0.39 is 0 Å². The fourth-order valence-corrected chi connectivity index (χ4v) is 2.19. The first-order chi connectivity index (χ1) is 10.0. The van der Waals surface area contributed by atoms with Crippen molar-refractivity contribution < 1.29 is 9.18 Å². The van der Waals surface area contributed by atoms with Gasteiger partial charge in [-0.3, -0.25) is 4.79 Å². The van der Waals surface area contributed by atoms with Crippen LogP contribution in [0.5, 0.6) is 0 Å². The third-order valence-corrected chi connectivity index (χ3v) is 3.37. The average Bonchev–Trinajstić information content (AvgIpc) is 2.47. The molecule has 0 radical (unpaired) electrons. The summed E-state index contributed by atoms with van der Waals surface area (Å²) in [4.78, 5) is 16.3. The van der Waals surface area contributed by atoms with E-state index in [2.05, 4.69) is 31.7 Å². The Hall–Kier alpha value is -1.99. The number of nitrogen functional groups attached to an aromatic ring is 1. The van der Waals surface area contributed by atoms with Crippen LogP contribution in [-0.2, 0) is 0 Å². The van der Waals surface area contributed by atoms with Gasteiger partial charge < -0.3 is 10.7 Å². The number of aromatic nitrogens is 1. The lowest BCUT2D eigenvalue weighted by Gasteiger charge is -2.15. The van der Waals surface area contributed by atoms with Crippen LogP contribution < -0.4 is 16.6 Å². The van der Waals surface area contributed by atoms with Gasteiger partial charge in [0.1, 0.15) is 5.82 Å². The standard InChI is InChI=1S/C14H14BrFN4O/c1-8(9-3-2-4-11(16)5-9)19-14(21)12-6-10(15)7-18-13(12)20-17/h2-8H,17H2,1H3,(H,18,20)(H,19,21). The molecule has 0 spiro atoms. The molecule has 0 fully saturated rings. The molecule has 1 atom stereocenters.